The number of phenols is 1. The summed E-state index contributed by atoms with van der Waals surface area (Å²) in [7, 11) is 0. The number of aromatic hydroxyl groups is 1. The number of benzene rings is 1. The normalized spacial score (nSPS) is 12.4. The lowest BCUT2D eigenvalue weighted by Gasteiger charge is -2.09. The molecule has 0 spiro atoms. The van der Waals surface area contributed by atoms with Gasteiger partial charge in [-0.1, -0.05) is 12.1 Å². The van der Waals surface area contributed by atoms with E-state index in [1.807, 2.05) is 6.07 Å². The molecular formula is C10H14N2O2. The van der Waals surface area contributed by atoms with E-state index in [0.29, 0.717) is 6.54 Å². The summed E-state index contributed by atoms with van der Waals surface area (Å²) in [6, 6.07) is 6.49. The number of nitrogens with one attached hydrogen (secondary N) is 1. The monoisotopic (exact) mass is 194 g/mol. The fraction of sp³-hybridized carbons (Fsp3) is 0.300. The van der Waals surface area contributed by atoms with Crippen LogP contribution in [0.15, 0.2) is 24.3 Å². The molecule has 0 saturated heterocycles. The Bertz CT molecular complexity index is 326. The number of amides is 1. The Kier molecular flexibility index (Phi) is 3.48. The molecule has 0 aliphatic carbocycles. The van der Waals surface area contributed by atoms with Gasteiger partial charge in [0.1, 0.15) is 5.75 Å². The number of rotatable bonds is 4. The first kappa shape index (κ1) is 10.5. The first-order chi connectivity index (χ1) is 6.59. The number of phenolic OH excluding ortho intramolecular Hbond substituents is 1. The maximum Gasteiger partial charge on any atom is 0.234 e. The average Bonchev–Trinajstić information content (AvgIpc) is 2.14. The highest BCUT2D eigenvalue weighted by molar-refractivity contribution is 5.79. The van der Waals surface area contributed by atoms with Crippen molar-refractivity contribution in [1.82, 2.24) is 5.32 Å². The Hall–Kier alpha value is -1.55. The molecule has 4 nitrogen and oxygen atoms in total. The molecule has 76 valence electrons. The van der Waals surface area contributed by atoms with Gasteiger partial charge in [0.15, 0.2) is 0 Å². The zero-order valence-electron chi connectivity index (χ0n) is 8.03. The second-order valence-corrected chi connectivity index (χ2v) is 3.17. The van der Waals surface area contributed by atoms with E-state index in [1.54, 1.807) is 25.1 Å². The lowest BCUT2D eigenvalue weighted by Crippen LogP contribution is -2.38. The van der Waals surface area contributed by atoms with Crippen LogP contribution >= 0.6 is 0 Å². The van der Waals surface area contributed by atoms with Crippen LogP contribution in [0.4, 0.5) is 0 Å². The van der Waals surface area contributed by atoms with Crippen molar-refractivity contribution in [3.05, 3.63) is 29.8 Å². The minimum Gasteiger partial charge on any atom is -0.508 e. The maximum atomic E-state index is 10.7. The lowest BCUT2D eigenvalue weighted by molar-refractivity contribution is -0.119. The van der Waals surface area contributed by atoms with Crippen molar-refractivity contribution in [1.29, 1.82) is 0 Å². The molecule has 0 fully saturated rings. The molecule has 1 aromatic carbocycles. The van der Waals surface area contributed by atoms with Crippen molar-refractivity contribution in [2.24, 2.45) is 5.73 Å². The van der Waals surface area contributed by atoms with Crippen LogP contribution in [0.5, 0.6) is 5.75 Å². The largest absolute Gasteiger partial charge is 0.508 e. The van der Waals surface area contributed by atoms with Crippen LogP contribution in [0.2, 0.25) is 0 Å². The summed E-state index contributed by atoms with van der Waals surface area (Å²) in [5.74, 6) is -0.166. The van der Waals surface area contributed by atoms with E-state index in [1.165, 1.54) is 0 Å². The van der Waals surface area contributed by atoms with Crippen molar-refractivity contribution >= 4 is 5.91 Å². The molecule has 1 amide bonds. The van der Waals surface area contributed by atoms with Gasteiger partial charge in [-0.15, -0.1) is 0 Å². The van der Waals surface area contributed by atoms with Gasteiger partial charge >= 0.3 is 0 Å². The molecule has 0 aromatic heterocycles. The van der Waals surface area contributed by atoms with Crippen LogP contribution in [-0.2, 0) is 11.3 Å². The number of nitrogens with two attached hydrogens (primary N) is 1. The fourth-order valence-electron chi connectivity index (χ4n) is 1.04. The van der Waals surface area contributed by atoms with Gasteiger partial charge in [-0.25, -0.2) is 0 Å². The summed E-state index contributed by atoms with van der Waals surface area (Å²) in [5, 5.41) is 12.1. The van der Waals surface area contributed by atoms with E-state index < -0.39 is 0 Å². The Morgan fingerprint density at radius 1 is 1.64 bits per heavy atom. The van der Waals surface area contributed by atoms with Crippen molar-refractivity contribution < 1.29 is 9.90 Å². The molecule has 0 aliphatic rings. The minimum absolute atomic E-state index is 0.219. The summed E-state index contributed by atoms with van der Waals surface area (Å²) in [6.07, 6.45) is 0. The van der Waals surface area contributed by atoms with Crippen molar-refractivity contribution in [2.75, 3.05) is 0 Å². The molecule has 0 bridgehead atoms. The first-order valence-electron chi connectivity index (χ1n) is 4.40. The number of carbonyl (C=O) groups excluding carboxylic acids is 1. The maximum absolute atomic E-state index is 10.7. The van der Waals surface area contributed by atoms with Crippen LogP contribution in [-0.4, -0.2) is 17.1 Å². The van der Waals surface area contributed by atoms with Crippen LogP contribution in [0.25, 0.3) is 0 Å². The molecular weight excluding hydrogens is 180 g/mol. The van der Waals surface area contributed by atoms with Gasteiger partial charge < -0.3 is 16.2 Å². The topological polar surface area (TPSA) is 75.3 Å². The number of carbonyl (C=O) groups is 1. The zero-order valence-corrected chi connectivity index (χ0v) is 8.03. The molecule has 0 aliphatic heterocycles. The van der Waals surface area contributed by atoms with Gasteiger partial charge in [-0.2, -0.15) is 0 Å². The van der Waals surface area contributed by atoms with E-state index in [9.17, 15) is 4.79 Å². The third-order valence-electron chi connectivity index (χ3n) is 1.95. The summed E-state index contributed by atoms with van der Waals surface area (Å²) in [4.78, 5) is 10.7. The number of primary amides is 1. The van der Waals surface area contributed by atoms with Crippen molar-refractivity contribution in [3.63, 3.8) is 0 Å². The quantitative estimate of drug-likeness (QED) is 0.647. The zero-order chi connectivity index (χ0) is 10.6. The van der Waals surface area contributed by atoms with Crippen LogP contribution in [0.1, 0.15) is 12.5 Å². The Labute approximate surface area is 82.7 Å². The van der Waals surface area contributed by atoms with Gasteiger partial charge in [0.05, 0.1) is 6.04 Å². The fourth-order valence-corrected chi connectivity index (χ4v) is 1.04. The second-order valence-electron chi connectivity index (χ2n) is 3.17. The van der Waals surface area contributed by atoms with Gasteiger partial charge in [0.25, 0.3) is 0 Å². The van der Waals surface area contributed by atoms with Crippen LogP contribution < -0.4 is 11.1 Å². The Morgan fingerprint density at radius 2 is 2.36 bits per heavy atom. The standard InChI is InChI=1S/C10H14N2O2/c1-7(10(11)14)12-6-8-3-2-4-9(13)5-8/h2-5,7,12-13H,6H2,1H3,(H2,11,14). The summed E-state index contributed by atoms with van der Waals surface area (Å²) in [5.41, 5.74) is 5.99. The molecule has 1 rings (SSSR count). The van der Waals surface area contributed by atoms with E-state index in [4.69, 9.17) is 10.8 Å². The van der Waals surface area contributed by atoms with Crippen LogP contribution in [0.3, 0.4) is 0 Å². The molecule has 14 heavy (non-hydrogen) atoms. The number of hydrogen-bond donors (Lipinski definition) is 3. The second kappa shape index (κ2) is 4.62. The van der Waals surface area contributed by atoms with Crippen LogP contribution in [0, 0.1) is 0 Å². The predicted octanol–water partition coefficient (Wildman–Crippen LogP) is 0.356. The molecule has 0 saturated carbocycles. The van der Waals surface area contributed by atoms with E-state index >= 15 is 0 Å². The van der Waals surface area contributed by atoms with E-state index in [2.05, 4.69) is 5.32 Å². The summed E-state index contributed by atoms with van der Waals surface area (Å²) < 4.78 is 0. The molecule has 0 radical (unpaired) electrons. The summed E-state index contributed by atoms with van der Waals surface area (Å²) in [6.45, 7) is 2.21. The molecule has 1 unspecified atom stereocenters. The first-order valence-corrected chi connectivity index (χ1v) is 4.40. The SMILES string of the molecule is CC(NCc1cccc(O)c1)C(N)=O. The highest BCUT2D eigenvalue weighted by Gasteiger charge is 2.06. The molecule has 0 heterocycles. The smallest absolute Gasteiger partial charge is 0.234 e. The Morgan fingerprint density at radius 3 is 2.93 bits per heavy atom. The highest BCUT2D eigenvalue weighted by Crippen LogP contribution is 2.10. The van der Waals surface area contributed by atoms with Gasteiger partial charge in [-0.3, -0.25) is 4.79 Å². The molecule has 1 aromatic rings. The highest BCUT2D eigenvalue weighted by atomic mass is 16.3. The lowest BCUT2D eigenvalue weighted by atomic mass is 10.2. The predicted molar refractivity (Wildman–Crippen MR) is 53.6 cm³/mol. The molecule has 4 N–H and O–H groups in total. The third kappa shape index (κ3) is 3.06. The minimum atomic E-state index is -0.384. The number of hydrogen-bond acceptors (Lipinski definition) is 3. The van der Waals surface area contributed by atoms with Crippen molar-refractivity contribution in [2.45, 2.75) is 19.5 Å². The average molecular weight is 194 g/mol. The van der Waals surface area contributed by atoms with E-state index in [0.717, 1.165) is 5.56 Å². The van der Waals surface area contributed by atoms with Gasteiger partial charge in [0.2, 0.25) is 5.91 Å². The summed E-state index contributed by atoms with van der Waals surface area (Å²) >= 11 is 0. The third-order valence-corrected chi connectivity index (χ3v) is 1.95. The van der Waals surface area contributed by atoms with Gasteiger partial charge in [-0.05, 0) is 24.6 Å². The molecule has 4 heteroatoms. The molecule has 1 atom stereocenters. The van der Waals surface area contributed by atoms with Gasteiger partial charge in [0, 0.05) is 6.54 Å². The van der Waals surface area contributed by atoms with E-state index in [-0.39, 0.29) is 17.7 Å². The van der Waals surface area contributed by atoms with Crippen molar-refractivity contribution in [3.8, 4) is 5.75 Å². The Balaban J connectivity index is 2.49.